The lowest BCUT2D eigenvalue weighted by molar-refractivity contribution is 1.14. The number of rotatable bonds is 0. The summed E-state index contributed by atoms with van der Waals surface area (Å²) in [7, 11) is 0. The van der Waals surface area contributed by atoms with Crippen molar-refractivity contribution in [1.82, 2.24) is 0 Å². The second-order valence-electron chi connectivity index (χ2n) is 2.82. The number of hydrogen-bond donors (Lipinski definition) is 0. The standard InChI is InChI=1S/C9H9ClS/c1-6-4-8(10)7-2-3-11-9(7)5-6/h4-5H,2-3H2,1H3. The normalized spacial score (nSPS) is 15.1. The van der Waals surface area contributed by atoms with Crippen molar-refractivity contribution in [1.29, 1.82) is 0 Å². The van der Waals surface area contributed by atoms with Gasteiger partial charge < -0.3 is 0 Å². The zero-order valence-electron chi connectivity index (χ0n) is 6.36. The van der Waals surface area contributed by atoms with Crippen LogP contribution in [0.15, 0.2) is 17.0 Å². The molecule has 0 aliphatic carbocycles. The smallest absolute Gasteiger partial charge is 0.0452 e. The summed E-state index contributed by atoms with van der Waals surface area (Å²) >= 11 is 7.97. The molecule has 0 bridgehead atoms. The highest BCUT2D eigenvalue weighted by Gasteiger charge is 2.14. The molecule has 0 saturated heterocycles. The van der Waals surface area contributed by atoms with Gasteiger partial charge in [-0.1, -0.05) is 11.6 Å². The van der Waals surface area contributed by atoms with Gasteiger partial charge in [0.25, 0.3) is 0 Å². The highest BCUT2D eigenvalue weighted by atomic mass is 35.5. The van der Waals surface area contributed by atoms with Crippen LogP contribution in [0.25, 0.3) is 0 Å². The summed E-state index contributed by atoms with van der Waals surface area (Å²) in [6.07, 6.45) is 1.14. The van der Waals surface area contributed by atoms with Crippen LogP contribution in [-0.2, 0) is 6.42 Å². The zero-order chi connectivity index (χ0) is 7.84. The number of fused-ring (bicyclic) bond motifs is 1. The summed E-state index contributed by atoms with van der Waals surface area (Å²) in [5, 5.41) is 0.949. The second kappa shape index (κ2) is 2.72. The summed E-state index contributed by atoms with van der Waals surface area (Å²) in [5.41, 5.74) is 2.62. The average Bonchev–Trinajstić information content (AvgIpc) is 2.34. The van der Waals surface area contributed by atoms with Gasteiger partial charge in [-0.25, -0.2) is 0 Å². The summed E-state index contributed by atoms with van der Waals surface area (Å²) in [6, 6.07) is 4.27. The molecular weight excluding hydrogens is 176 g/mol. The van der Waals surface area contributed by atoms with Crippen molar-refractivity contribution in [2.45, 2.75) is 18.2 Å². The lowest BCUT2D eigenvalue weighted by atomic mass is 10.1. The molecular formula is C9H9ClS. The fourth-order valence-electron chi connectivity index (χ4n) is 1.37. The van der Waals surface area contributed by atoms with E-state index < -0.39 is 0 Å². The molecule has 1 aliphatic heterocycles. The molecule has 0 amide bonds. The predicted molar refractivity (Wildman–Crippen MR) is 50.6 cm³/mol. The van der Waals surface area contributed by atoms with Crippen LogP contribution in [0.1, 0.15) is 11.1 Å². The molecule has 1 aliphatic rings. The van der Waals surface area contributed by atoms with Gasteiger partial charge in [-0.05, 0) is 36.6 Å². The Labute approximate surface area is 75.9 Å². The summed E-state index contributed by atoms with van der Waals surface area (Å²) in [4.78, 5) is 1.38. The van der Waals surface area contributed by atoms with Gasteiger partial charge in [-0.3, -0.25) is 0 Å². The minimum atomic E-state index is 0.949. The fraction of sp³-hybridized carbons (Fsp3) is 0.333. The van der Waals surface area contributed by atoms with E-state index in [2.05, 4.69) is 13.0 Å². The number of halogens is 1. The second-order valence-corrected chi connectivity index (χ2v) is 4.37. The molecule has 11 heavy (non-hydrogen) atoms. The molecule has 1 heterocycles. The Hall–Kier alpha value is -0.140. The van der Waals surface area contributed by atoms with Crippen LogP contribution in [0, 0.1) is 6.92 Å². The van der Waals surface area contributed by atoms with Crippen LogP contribution >= 0.6 is 23.4 Å². The average molecular weight is 185 g/mol. The van der Waals surface area contributed by atoms with Crippen LogP contribution in [0.2, 0.25) is 5.02 Å². The van der Waals surface area contributed by atoms with Gasteiger partial charge >= 0.3 is 0 Å². The molecule has 0 N–H and O–H groups in total. The van der Waals surface area contributed by atoms with E-state index >= 15 is 0 Å². The van der Waals surface area contributed by atoms with E-state index in [4.69, 9.17) is 11.6 Å². The molecule has 0 fully saturated rings. The molecule has 2 rings (SSSR count). The number of thioether (sulfide) groups is 1. The SMILES string of the molecule is Cc1cc(Cl)c2c(c1)SCC2. The molecule has 58 valence electrons. The van der Waals surface area contributed by atoms with E-state index in [1.807, 2.05) is 17.8 Å². The Morgan fingerprint density at radius 2 is 2.27 bits per heavy atom. The van der Waals surface area contributed by atoms with Gasteiger partial charge in [0.05, 0.1) is 0 Å². The van der Waals surface area contributed by atoms with Crippen molar-refractivity contribution < 1.29 is 0 Å². The quantitative estimate of drug-likeness (QED) is 0.596. The van der Waals surface area contributed by atoms with E-state index in [1.54, 1.807) is 0 Å². The molecule has 0 nitrogen and oxygen atoms in total. The minimum Gasteiger partial charge on any atom is -0.125 e. The minimum absolute atomic E-state index is 0.949. The van der Waals surface area contributed by atoms with Crippen molar-refractivity contribution in [3.63, 3.8) is 0 Å². The highest BCUT2D eigenvalue weighted by molar-refractivity contribution is 7.99. The molecule has 1 aromatic carbocycles. The van der Waals surface area contributed by atoms with E-state index in [-0.39, 0.29) is 0 Å². The Bertz CT molecular complexity index is 294. The summed E-state index contributed by atoms with van der Waals surface area (Å²) in [6.45, 7) is 2.09. The number of aryl methyl sites for hydroxylation is 1. The molecule has 0 aromatic heterocycles. The first-order chi connectivity index (χ1) is 5.27. The maximum Gasteiger partial charge on any atom is 0.0452 e. The fourth-order valence-corrected chi connectivity index (χ4v) is 2.98. The molecule has 2 heteroatoms. The van der Waals surface area contributed by atoms with E-state index in [9.17, 15) is 0 Å². The van der Waals surface area contributed by atoms with Crippen molar-refractivity contribution >= 4 is 23.4 Å². The Balaban J connectivity index is 2.60. The van der Waals surface area contributed by atoms with Gasteiger partial charge in [-0.2, -0.15) is 0 Å². The lowest BCUT2D eigenvalue weighted by Gasteiger charge is -2.01. The third kappa shape index (κ3) is 1.27. The van der Waals surface area contributed by atoms with E-state index in [0.717, 1.165) is 11.4 Å². The third-order valence-corrected chi connectivity index (χ3v) is 3.33. The first-order valence-electron chi connectivity index (χ1n) is 3.69. The van der Waals surface area contributed by atoms with Gasteiger partial charge in [0.15, 0.2) is 0 Å². The molecule has 1 aromatic rings. The van der Waals surface area contributed by atoms with Crippen LogP contribution in [-0.4, -0.2) is 5.75 Å². The maximum atomic E-state index is 6.06. The van der Waals surface area contributed by atoms with Crippen molar-refractivity contribution in [3.05, 3.63) is 28.3 Å². The zero-order valence-corrected chi connectivity index (χ0v) is 7.93. The largest absolute Gasteiger partial charge is 0.125 e. The summed E-state index contributed by atoms with van der Waals surface area (Å²) < 4.78 is 0. The first-order valence-corrected chi connectivity index (χ1v) is 5.05. The van der Waals surface area contributed by atoms with E-state index in [0.29, 0.717) is 0 Å². The van der Waals surface area contributed by atoms with Gasteiger partial charge in [0, 0.05) is 15.7 Å². The topological polar surface area (TPSA) is 0 Å². The van der Waals surface area contributed by atoms with Gasteiger partial charge in [0.1, 0.15) is 0 Å². The van der Waals surface area contributed by atoms with Crippen LogP contribution in [0.5, 0.6) is 0 Å². The molecule has 0 unspecified atom stereocenters. The van der Waals surface area contributed by atoms with Crippen molar-refractivity contribution in [2.75, 3.05) is 5.75 Å². The van der Waals surface area contributed by atoms with Crippen LogP contribution in [0.3, 0.4) is 0 Å². The number of hydrogen-bond acceptors (Lipinski definition) is 1. The number of benzene rings is 1. The summed E-state index contributed by atoms with van der Waals surface area (Å²) in [5.74, 6) is 1.19. The van der Waals surface area contributed by atoms with Gasteiger partial charge in [0.2, 0.25) is 0 Å². The molecule has 0 radical (unpaired) electrons. The van der Waals surface area contributed by atoms with Crippen molar-refractivity contribution in [3.8, 4) is 0 Å². The Kier molecular flexibility index (Phi) is 1.86. The first kappa shape index (κ1) is 7.51. The van der Waals surface area contributed by atoms with Crippen LogP contribution in [0.4, 0.5) is 0 Å². The predicted octanol–water partition coefficient (Wildman–Crippen LogP) is 3.30. The van der Waals surface area contributed by atoms with Crippen molar-refractivity contribution in [2.24, 2.45) is 0 Å². The Morgan fingerprint density at radius 3 is 3.09 bits per heavy atom. The molecule has 0 atom stereocenters. The molecule has 0 saturated carbocycles. The molecule has 0 spiro atoms. The highest BCUT2D eigenvalue weighted by Crippen LogP contribution is 2.36. The van der Waals surface area contributed by atoms with Gasteiger partial charge in [-0.15, -0.1) is 11.8 Å². The maximum absolute atomic E-state index is 6.06. The monoisotopic (exact) mass is 184 g/mol. The van der Waals surface area contributed by atoms with Crippen LogP contribution < -0.4 is 0 Å². The Morgan fingerprint density at radius 1 is 1.45 bits per heavy atom. The third-order valence-electron chi connectivity index (χ3n) is 1.91. The lowest BCUT2D eigenvalue weighted by Crippen LogP contribution is -1.83. The van der Waals surface area contributed by atoms with E-state index in [1.165, 1.54) is 21.8 Å².